The highest BCUT2D eigenvalue weighted by molar-refractivity contribution is 8.00. The van der Waals surface area contributed by atoms with E-state index in [1.807, 2.05) is 0 Å². The van der Waals surface area contributed by atoms with Crippen LogP contribution in [-0.2, 0) is 4.79 Å². The molecule has 0 saturated carbocycles. The highest BCUT2D eigenvalue weighted by Crippen LogP contribution is 2.40. The fourth-order valence-corrected chi connectivity index (χ4v) is 3.13. The summed E-state index contributed by atoms with van der Waals surface area (Å²) in [6, 6.07) is 6.17. The number of thioether (sulfide) groups is 1. The van der Waals surface area contributed by atoms with E-state index in [9.17, 15) is 9.18 Å². The predicted molar refractivity (Wildman–Crippen MR) is 71.1 cm³/mol. The molecule has 0 aliphatic carbocycles. The van der Waals surface area contributed by atoms with Crippen LogP contribution in [0.5, 0.6) is 0 Å². The number of benzene rings is 1. The smallest absolute Gasteiger partial charge is 0.239 e. The standard InChI is InChI=1S/C13H10FN3OS/c14-10-3-1-9(2-4-10)13-17(12(18)8-19-13)11-7-15-5-6-16-11/h1-7,13H,8H2. The first-order valence-corrected chi connectivity index (χ1v) is 6.76. The van der Waals surface area contributed by atoms with E-state index in [-0.39, 0.29) is 17.1 Å². The van der Waals surface area contributed by atoms with Gasteiger partial charge in [0, 0.05) is 12.4 Å². The Bertz CT molecular complexity index is 591. The first-order valence-electron chi connectivity index (χ1n) is 5.71. The maximum atomic E-state index is 13.0. The lowest BCUT2D eigenvalue weighted by atomic mass is 10.2. The van der Waals surface area contributed by atoms with Crippen LogP contribution in [0.3, 0.4) is 0 Å². The van der Waals surface area contributed by atoms with Crippen LogP contribution >= 0.6 is 11.8 Å². The van der Waals surface area contributed by atoms with Crippen molar-refractivity contribution in [2.75, 3.05) is 10.7 Å². The minimum Gasteiger partial charge on any atom is -0.278 e. The molecule has 3 rings (SSSR count). The van der Waals surface area contributed by atoms with Crippen LogP contribution in [0.1, 0.15) is 10.9 Å². The summed E-state index contributed by atoms with van der Waals surface area (Å²) in [5.41, 5.74) is 0.878. The minimum atomic E-state index is -0.288. The number of hydrogen-bond donors (Lipinski definition) is 0. The summed E-state index contributed by atoms with van der Waals surface area (Å²) in [7, 11) is 0. The van der Waals surface area contributed by atoms with Crippen molar-refractivity contribution in [3.05, 3.63) is 54.2 Å². The number of aromatic nitrogens is 2. The van der Waals surface area contributed by atoms with Crippen molar-refractivity contribution in [2.24, 2.45) is 0 Å². The van der Waals surface area contributed by atoms with Crippen LogP contribution in [0.2, 0.25) is 0 Å². The maximum absolute atomic E-state index is 13.0. The molecule has 0 N–H and O–H groups in total. The summed E-state index contributed by atoms with van der Waals surface area (Å²) in [6.45, 7) is 0. The van der Waals surface area contributed by atoms with Crippen molar-refractivity contribution in [1.29, 1.82) is 0 Å². The molecule has 1 unspecified atom stereocenters. The fraction of sp³-hybridized carbons (Fsp3) is 0.154. The maximum Gasteiger partial charge on any atom is 0.239 e. The third-order valence-electron chi connectivity index (χ3n) is 2.82. The van der Waals surface area contributed by atoms with Crippen molar-refractivity contribution in [2.45, 2.75) is 5.37 Å². The van der Waals surface area contributed by atoms with Gasteiger partial charge in [-0.3, -0.25) is 14.7 Å². The van der Waals surface area contributed by atoms with E-state index >= 15 is 0 Å². The number of carbonyl (C=O) groups excluding carboxylic acids is 1. The molecule has 1 aliphatic heterocycles. The van der Waals surface area contributed by atoms with E-state index in [1.54, 1.807) is 35.6 Å². The third kappa shape index (κ3) is 2.31. The lowest BCUT2D eigenvalue weighted by Crippen LogP contribution is -2.28. The molecule has 0 bridgehead atoms. The molecule has 96 valence electrons. The molecule has 0 spiro atoms. The molecular formula is C13H10FN3OS. The fourth-order valence-electron chi connectivity index (χ4n) is 1.96. The Kier molecular flexibility index (Phi) is 3.16. The van der Waals surface area contributed by atoms with Gasteiger partial charge in [0.1, 0.15) is 11.2 Å². The number of carbonyl (C=O) groups is 1. The Morgan fingerprint density at radius 2 is 2.05 bits per heavy atom. The summed E-state index contributed by atoms with van der Waals surface area (Å²) in [4.78, 5) is 21.7. The average Bonchev–Trinajstić information content (AvgIpc) is 2.82. The van der Waals surface area contributed by atoms with Crippen LogP contribution in [0.15, 0.2) is 42.9 Å². The van der Waals surface area contributed by atoms with Gasteiger partial charge in [0.2, 0.25) is 5.91 Å². The monoisotopic (exact) mass is 275 g/mol. The first-order chi connectivity index (χ1) is 9.25. The third-order valence-corrected chi connectivity index (χ3v) is 4.03. The Morgan fingerprint density at radius 1 is 1.26 bits per heavy atom. The van der Waals surface area contributed by atoms with Gasteiger partial charge in [-0.05, 0) is 17.7 Å². The molecule has 2 aromatic rings. The van der Waals surface area contributed by atoms with Crippen molar-refractivity contribution in [3.8, 4) is 0 Å². The van der Waals surface area contributed by atoms with Gasteiger partial charge in [-0.15, -0.1) is 11.8 Å². The zero-order valence-corrected chi connectivity index (χ0v) is 10.7. The topological polar surface area (TPSA) is 46.1 Å². The molecule has 1 aromatic heterocycles. The zero-order chi connectivity index (χ0) is 13.2. The normalized spacial score (nSPS) is 18.9. The molecule has 6 heteroatoms. The van der Waals surface area contributed by atoms with E-state index < -0.39 is 0 Å². The van der Waals surface area contributed by atoms with Gasteiger partial charge < -0.3 is 0 Å². The van der Waals surface area contributed by atoms with Crippen LogP contribution in [-0.4, -0.2) is 21.6 Å². The van der Waals surface area contributed by atoms with Gasteiger partial charge in [-0.2, -0.15) is 0 Å². The van der Waals surface area contributed by atoms with Crippen LogP contribution in [0, 0.1) is 5.82 Å². The number of nitrogens with zero attached hydrogens (tertiary/aromatic N) is 3. The second-order valence-electron chi connectivity index (χ2n) is 4.04. The molecule has 2 heterocycles. The van der Waals surface area contributed by atoms with Crippen molar-refractivity contribution in [1.82, 2.24) is 9.97 Å². The van der Waals surface area contributed by atoms with Crippen LogP contribution in [0.25, 0.3) is 0 Å². The summed E-state index contributed by atoms with van der Waals surface area (Å²) in [5, 5.41) is -0.176. The van der Waals surface area contributed by atoms with Crippen molar-refractivity contribution in [3.63, 3.8) is 0 Å². The lowest BCUT2D eigenvalue weighted by molar-refractivity contribution is -0.115. The van der Waals surface area contributed by atoms with Crippen LogP contribution in [0.4, 0.5) is 10.2 Å². The molecule has 1 amide bonds. The van der Waals surface area contributed by atoms with E-state index in [1.165, 1.54) is 23.9 Å². The SMILES string of the molecule is O=C1CSC(c2ccc(F)cc2)N1c1cnccn1. The van der Waals surface area contributed by atoms with E-state index in [4.69, 9.17) is 0 Å². The van der Waals surface area contributed by atoms with Gasteiger partial charge >= 0.3 is 0 Å². The summed E-state index contributed by atoms with van der Waals surface area (Å²) < 4.78 is 13.0. The second kappa shape index (κ2) is 4.97. The summed E-state index contributed by atoms with van der Waals surface area (Å²) in [6.07, 6.45) is 4.66. The van der Waals surface area contributed by atoms with Crippen LogP contribution < -0.4 is 4.90 Å². The van der Waals surface area contributed by atoms with Gasteiger partial charge in [-0.25, -0.2) is 9.37 Å². The Balaban J connectivity index is 1.97. The lowest BCUT2D eigenvalue weighted by Gasteiger charge is -2.22. The van der Waals surface area contributed by atoms with E-state index in [0.29, 0.717) is 11.6 Å². The highest BCUT2D eigenvalue weighted by atomic mass is 32.2. The molecule has 1 saturated heterocycles. The molecular weight excluding hydrogens is 265 g/mol. The predicted octanol–water partition coefficient (Wildman–Crippen LogP) is 2.39. The van der Waals surface area contributed by atoms with Gasteiger partial charge in [-0.1, -0.05) is 12.1 Å². The average molecular weight is 275 g/mol. The number of halogens is 1. The van der Waals surface area contributed by atoms with Gasteiger partial charge in [0.15, 0.2) is 5.82 Å². The Hall–Kier alpha value is -1.95. The zero-order valence-electron chi connectivity index (χ0n) is 9.86. The molecule has 19 heavy (non-hydrogen) atoms. The molecule has 1 aromatic carbocycles. The Morgan fingerprint density at radius 3 is 2.74 bits per heavy atom. The van der Waals surface area contributed by atoms with Crippen molar-refractivity contribution >= 4 is 23.5 Å². The quantitative estimate of drug-likeness (QED) is 0.844. The number of amides is 1. The molecule has 0 radical (unpaired) electrons. The second-order valence-corrected chi connectivity index (χ2v) is 5.11. The first kappa shape index (κ1) is 12.1. The van der Waals surface area contributed by atoms with Gasteiger partial charge in [0.05, 0.1) is 11.9 Å². The van der Waals surface area contributed by atoms with E-state index in [2.05, 4.69) is 9.97 Å². The largest absolute Gasteiger partial charge is 0.278 e. The minimum absolute atomic E-state index is 0.0141. The molecule has 4 nitrogen and oxygen atoms in total. The Labute approximate surface area is 113 Å². The highest BCUT2D eigenvalue weighted by Gasteiger charge is 2.34. The summed E-state index contributed by atoms with van der Waals surface area (Å²) in [5.74, 6) is 0.606. The van der Waals surface area contributed by atoms with Crippen molar-refractivity contribution < 1.29 is 9.18 Å². The number of anilines is 1. The number of rotatable bonds is 2. The number of hydrogen-bond acceptors (Lipinski definition) is 4. The molecule has 1 atom stereocenters. The summed E-state index contributed by atoms with van der Waals surface area (Å²) >= 11 is 1.50. The molecule has 1 aliphatic rings. The molecule has 1 fully saturated rings. The van der Waals surface area contributed by atoms with Gasteiger partial charge in [0.25, 0.3) is 0 Å². The van der Waals surface area contributed by atoms with E-state index in [0.717, 1.165) is 5.56 Å².